The fourth-order valence-electron chi connectivity index (χ4n) is 2.16. The molecule has 1 rings (SSSR count). The zero-order valence-electron chi connectivity index (χ0n) is 10.4. The van der Waals surface area contributed by atoms with Crippen LogP contribution in [0.4, 0.5) is 0 Å². The summed E-state index contributed by atoms with van der Waals surface area (Å²) in [7, 11) is -1.43. The van der Waals surface area contributed by atoms with Crippen LogP contribution in [0.25, 0.3) is 0 Å². The molecule has 0 aromatic rings. The molecule has 17 heavy (non-hydrogen) atoms. The Labute approximate surface area is 109 Å². The van der Waals surface area contributed by atoms with Gasteiger partial charge in [0.2, 0.25) is 10.0 Å². The first kappa shape index (κ1) is 15.2. The molecule has 1 aliphatic heterocycles. The Balaban J connectivity index is 2.46. The van der Waals surface area contributed by atoms with Crippen molar-refractivity contribution in [3.8, 4) is 0 Å². The molecule has 102 valence electrons. The van der Waals surface area contributed by atoms with Crippen LogP contribution in [0.15, 0.2) is 0 Å². The van der Waals surface area contributed by atoms with Crippen molar-refractivity contribution >= 4 is 21.6 Å². The summed E-state index contributed by atoms with van der Waals surface area (Å²) in [5.74, 6) is 1.10. The number of hydrogen-bond donors (Lipinski definition) is 0. The van der Waals surface area contributed by atoms with E-state index in [-0.39, 0.29) is 5.75 Å². The first-order valence-electron chi connectivity index (χ1n) is 6.13. The molecule has 1 fully saturated rings. The van der Waals surface area contributed by atoms with Crippen molar-refractivity contribution in [1.29, 1.82) is 0 Å². The third-order valence-electron chi connectivity index (χ3n) is 3.06. The average Bonchev–Trinajstić information content (AvgIpc) is 2.30. The van der Waals surface area contributed by atoms with E-state index in [9.17, 15) is 8.42 Å². The minimum atomic E-state index is -3.09. The van der Waals surface area contributed by atoms with Gasteiger partial charge in [0.15, 0.2) is 0 Å². The van der Waals surface area contributed by atoms with Gasteiger partial charge in [-0.25, -0.2) is 12.7 Å². The predicted molar refractivity (Wildman–Crippen MR) is 69.9 cm³/mol. The normalized spacial score (nSPS) is 22.8. The molecule has 0 N–H and O–H groups in total. The average molecular weight is 284 g/mol. The van der Waals surface area contributed by atoms with Crippen molar-refractivity contribution in [2.45, 2.75) is 25.7 Å². The SMILES string of the molecule is COCC1CCCN(S(=O)(=O)CCCCCl)C1. The maximum Gasteiger partial charge on any atom is 0.214 e. The van der Waals surface area contributed by atoms with E-state index in [0.29, 0.717) is 37.9 Å². The minimum Gasteiger partial charge on any atom is -0.384 e. The van der Waals surface area contributed by atoms with E-state index in [1.807, 2.05) is 0 Å². The Kier molecular flexibility index (Phi) is 6.77. The largest absolute Gasteiger partial charge is 0.384 e. The van der Waals surface area contributed by atoms with E-state index in [2.05, 4.69) is 0 Å². The van der Waals surface area contributed by atoms with Gasteiger partial charge in [0, 0.05) is 26.1 Å². The van der Waals surface area contributed by atoms with Gasteiger partial charge in [0.05, 0.1) is 12.4 Å². The van der Waals surface area contributed by atoms with Gasteiger partial charge in [-0.3, -0.25) is 0 Å². The van der Waals surface area contributed by atoms with Crippen molar-refractivity contribution < 1.29 is 13.2 Å². The van der Waals surface area contributed by atoms with Crippen LogP contribution in [0.3, 0.4) is 0 Å². The Bertz CT molecular complexity index is 306. The molecule has 6 heteroatoms. The van der Waals surface area contributed by atoms with Crippen LogP contribution >= 0.6 is 11.6 Å². The van der Waals surface area contributed by atoms with Crippen molar-refractivity contribution in [2.24, 2.45) is 5.92 Å². The van der Waals surface area contributed by atoms with Crippen LogP contribution in [0, 0.1) is 5.92 Å². The highest BCUT2D eigenvalue weighted by Gasteiger charge is 2.28. The monoisotopic (exact) mass is 283 g/mol. The second-order valence-electron chi connectivity index (χ2n) is 4.53. The number of ether oxygens (including phenoxy) is 1. The first-order chi connectivity index (χ1) is 8.10. The summed E-state index contributed by atoms with van der Waals surface area (Å²) in [6.45, 7) is 1.91. The number of piperidine rings is 1. The van der Waals surface area contributed by atoms with E-state index < -0.39 is 10.0 Å². The Morgan fingerprint density at radius 3 is 2.82 bits per heavy atom. The van der Waals surface area contributed by atoms with Crippen molar-refractivity contribution in [1.82, 2.24) is 4.31 Å². The number of rotatable bonds is 7. The topological polar surface area (TPSA) is 46.6 Å². The molecule has 1 atom stereocenters. The molecule has 0 saturated carbocycles. The molecule has 0 bridgehead atoms. The fourth-order valence-corrected chi connectivity index (χ4v) is 4.02. The summed E-state index contributed by atoms with van der Waals surface area (Å²) in [5.41, 5.74) is 0. The predicted octanol–water partition coefficient (Wildman–Crippen LogP) is 1.69. The summed E-state index contributed by atoms with van der Waals surface area (Å²) in [6, 6.07) is 0. The van der Waals surface area contributed by atoms with Crippen LogP contribution in [-0.2, 0) is 14.8 Å². The van der Waals surface area contributed by atoms with Crippen LogP contribution in [0.1, 0.15) is 25.7 Å². The quantitative estimate of drug-likeness (QED) is 0.528. The van der Waals surface area contributed by atoms with Gasteiger partial charge in [-0.15, -0.1) is 11.6 Å². The molecule has 1 saturated heterocycles. The molecule has 1 heterocycles. The Hall–Kier alpha value is 0.160. The van der Waals surface area contributed by atoms with E-state index in [1.54, 1.807) is 11.4 Å². The van der Waals surface area contributed by atoms with Gasteiger partial charge in [-0.05, 0) is 31.6 Å². The van der Waals surface area contributed by atoms with E-state index >= 15 is 0 Å². The van der Waals surface area contributed by atoms with Crippen LogP contribution < -0.4 is 0 Å². The molecular weight excluding hydrogens is 262 g/mol. The second kappa shape index (κ2) is 7.56. The number of halogens is 1. The lowest BCUT2D eigenvalue weighted by molar-refractivity contribution is 0.118. The summed E-state index contributed by atoms with van der Waals surface area (Å²) in [4.78, 5) is 0. The van der Waals surface area contributed by atoms with Gasteiger partial charge >= 0.3 is 0 Å². The van der Waals surface area contributed by atoms with Gasteiger partial charge in [0.1, 0.15) is 0 Å². The standard InChI is InChI=1S/C11H22ClNO3S/c1-16-10-11-5-4-7-13(9-11)17(14,15)8-3-2-6-12/h11H,2-10H2,1H3. The molecule has 0 spiro atoms. The summed E-state index contributed by atoms with van der Waals surface area (Å²) in [5, 5.41) is 0. The second-order valence-corrected chi connectivity index (χ2v) is 7.00. The lowest BCUT2D eigenvalue weighted by atomic mass is 10.0. The van der Waals surface area contributed by atoms with Crippen molar-refractivity contribution in [2.75, 3.05) is 38.4 Å². The first-order valence-corrected chi connectivity index (χ1v) is 8.27. The number of sulfonamides is 1. The third kappa shape index (κ3) is 5.12. The molecule has 0 amide bonds. The van der Waals surface area contributed by atoms with Crippen molar-refractivity contribution in [3.05, 3.63) is 0 Å². The maximum absolute atomic E-state index is 12.1. The summed E-state index contributed by atoms with van der Waals surface area (Å²) < 4.78 is 30.8. The molecule has 1 aliphatic rings. The van der Waals surface area contributed by atoms with E-state index in [4.69, 9.17) is 16.3 Å². The molecule has 4 nitrogen and oxygen atoms in total. The van der Waals surface area contributed by atoms with Gasteiger partial charge < -0.3 is 4.74 Å². The summed E-state index contributed by atoms with van der Waals surface area (Å²) >= 11 is 5.56. The number of nitrogens with zero attached hydrogens (tertiary/aromatic N) is 1. The molecule has 1 unspecified atom stereocenters. The van der Waals surface area contributed by atoms with Crippen molar-refractivity contribution in [3.63, 3.8) is 0 Å². The maximum atomic E-state index is 12.1. The van der Waals surface area contributed by atoms with E-state index in [1.165, 1.54) is 0 Å². The van der Waals surface area contributed by atoms with E-state index in [0.717, 1.165) is 19.3 Å². The highest BCUT2D eigenvalue weighted by molar-refractivity contribution is 7.89. The number of methoxy groups -OCH3 is 1. The highest BCUT2D eigenvalue weighted by Crippen LogP contribution is 2.20. The van der Waals surface area contributed by atoms with Gasteiger partial charge in [0.25, 0.3) is 0 Å². The minimum absolute atomic E-state index is 0.222. The molecular formula is C11H22ClNO3S. The number of hydrogen-bond acceptors (Lipinski definition) is 3. The third-order valence-corrected chi connectivity index (χ3v) is 5.25. The zero-order valence-corrected chi connectivity index (χ0v) is 12.0. The van der Waals surface area contributed by atoms with Crippen LogP contribution in [0.2, 0.25) is 0 Å². The Morgan fingerprint density at radius 1 is 1.41 bits per heavy atom. The molecule has 0 aromatic heterocycles. The Morgan fingerprint density at radius 2 is 2.18 bits per heavy atom. The highest BCUT2D eigenvalue weighted by atomic mass is 35.5. The smallest absolute Gasteiger partial charge is 0.214 e. The van der Waals surface area contributed by atoms with Gasteiger partial charge in [-0.1, -0.05) is 0 Å². The summed E-state index contributed by atoms with van der Waals surface area (Å²) in [6.07, 6.45) is 3.40. The number of unbranched alkanes of at least 4 members (excludes halogenated alkanes) is 1. The lowest BCUT2D eigenvalue weighted by Gasteiger charge is -2.31. The van der Waals surface area contributed by atoms with Gasteiger partial charge in [-0.2, -0.15) is 0 Å². The molecule has 0 aliphatic carbocycles. The lowest BCUT2D eigenvalue weighted by Crippen LogP contribution is -2.42. The molecule has 0 aromatic carbocycles. The number of alkyl halides is 1. The zero-order chi connectivity index (χ0) is 12.7. The van der Waals surface area contributed by atoms with Crippen LogP contribution in [0.5, 0.6) is 0 Å². The molecule has 0 radical (unpaired) electrons. The van der Waals surface area contributed by atoms with Crippen LogP contribution in [-0.4, -0.2) is 51.2 Å². The fraction of sp³-hybridized carbons (Fsp3) is 1.00.